The number of amidine groups is 1. The molecule has 0 N–H and O–H groups in total. The highest BCUT2D eigenvalue weighted by molar-refractivity contribution is 6.27. The number of para-hydroxylation sites is 1. The molecule has 1 spiro atoms. The summed E-state index contributed by atoms with van der Waals surface area (Å²) in [6, 6.07) is 10.1. The third-order valence-corrected chi connectivity index (χ3v) is 6.25. The fourth-order valence-electron chi connectivity index (χ4n) is 5.11. The van der Waals surface area contributed by atoms with E-state index < -0.39 is 0 Å². The summed E-state index contributed by atoms with van der Waals surface area (Å²) in [5.74, 6) is 1.19. The Bertz CT molecular complexity index is 726. The maximum Gasteiger partial charge on any atom is 0.240 e. The summed E-state index contributed by atoms with van der Waals surface area (Å²) in [6.45, 7) is 9.56. The Hall–Kier alpha value is -1.72. The lowest BCUT2D eigenvalue weighted by atomic mass is 9.69. The van der Waals surface area contributed by atoms with Gasteiger partial charge in [0.25, 0.3) is 0 Å². The quantitative estimate of drug-likeness (QED) is 0.778. The summed E-state index contributed by atoms with van der Waals surface area (Å²) in [4.78, 5) is 23.6. The van der Waals surface area contributed by atoms with Crippen LogP contribution in [0, 0.1) is 5.41 Å². The predicted molar refractivity (Wildman–Crippen MR) is 113 cm³/mol. The summed E-state index contributed by atoms with van der Waals surface area (Å²) in [5, 5.41) is 0. The predicted octanol–water partition coefficient (Wildman–Crippen LogP) is 3.88. The molecule has 4 rings (SSSR count). The van der Waals surface area contributed by atoms with Gasteiger partial charge < -0.3 is 4.74 Å². The molecule has 1 amide bonds. The van der Waals surface area contributed by atoms with E-state index in [2.05, 4.69) is 25.7 Å². The number of hydrogen-bond donors (Lipinski definition) is 0. The highest BCUT2D eigenvalue weighted by atomic mass is 16.5. The largest absolute Gasteiger partial charge is 0.379 e. The average molecular weight is 384 g/mol. The van der Waals surface area contributed by atoms with Gasteiger partial charge in [-0.3, -0.25) is 19.6 Å². The molecule has 3 aliphatic rings. The van der Waals surface area contributed by atoms with E-state index in [1.807, 2.05) is 35.2 Å². The van der Waals surface area contributed by atoms with Crippen molar-refractivity contribution in [3.05, 3.63) is 30.3 Å². The van der Waals surface area contributed by atoms with Gasteiger partial charge in [0, 0.05) is 13.1 Å². The molecule has 5 nitrogen and oxygen atoms in total. The molecule has 0 aromatic heterocycles. The van der Waals surface area contributed by atoms with Crippen molar-refractivity contribution in [3.8, 4) is 0 Å². The summed E-state index contributed by atoms with van der Waals surface area (Å²) in [7, 11) is 0. The van der Waals surface area contributed by atoms with Gasteiger partial charge in [0.2, 0.25) is 5.91 Å². The zero-order chi connectivity index (χ0) is 19.8. The topological polar surface area (TPSA) is 45.1 Å². The van der Waals surface area contributed by atoms with E-state index in [1.54, 1.807) is 0 Å². The van der Waals surface area contributed by atoms with Gasteiger partial charge in [0.15, 0.2) is 0 Å². The van der Waals surface area contributed by atoms with Crippen molar-refractivity contribution in [2.45, 2.75) is 64.5 Å². The van der Waals surface area contributed by atoms with Gasteiger partial charge >= 0.3 is 0 Å². The summed E-state index contributed by atoms with van der Waals surface area (Å²) < 4.78 is 5.63. The Morgan fingerprint density at radius 1 is 1.04 bits per heavy atom. The molecule has 2 saturated heterocycles. The zero-order valence-electron chi connectivity index (χ0n) is 17.5. The third kappa shape index (κ3) is 3.50. The monoisotopic (exact) mass is 383 g/mol. The molecular weight excluding hydrogens is 350 g/mol. The number of ether oxygens (including phenoxy) is 1. The Labute approximate surface area is 168 Å². The lowest BCUT2D eigenvalue weighted by Crippen LogP contribution is -2.54. The number of aliphatic imine (C=N–C) groups is 1. The Morgan fingerprint density at radius 2 is 1.68 bits per heavy atom. The minimum atomic E-state index is -0.352. The van der Waals surface area contributed by atoms with E-state index in [9.17, 15) is 4.79 Å². The van der Waals surface area contributed by atoms with Gasteiger partial charge in [-0.15, -0.1) is 0 Å². The van der Waals surface area contributed by atoms with Crippen LogP contribution in [0.25, 0.3) is 0 Å². The number of rotatable bonds is 2. The second-order valence-corrected chi connectivity index (χ2v) is 9.38. The molecular formula is C23H33N3O2. The highest BCUT2D eigenvalue weighted by Crippen LogP contribution is 2.49. The number of carbonyl (C=O) groups excluding carboxylic acids is 1. The fraction of sp³-hybridized carbons (Fsp3) is 0.652. The van der Waals surface area contributed by atoms with Gasteiger partial charge in [-0.25, -0.2) is 0 Å². The van der Waals surface area contributed by atoms with Crippen LogP contribution in [-0.4, -0.2) is 54.5 Å². The van der Waals surface area contributed by atoms with Crippen molar-refractivity contribution < 1.29 is 9.53 Å². The van der Waals surface area contributed by atoms with E-state index in [-0.39, 0.29) is 22.9 Å². The number of morpholine rings is 1. The third-order valence-electron chi connectivity index (χ3n) is 6.25. The van der Waals surface area contributed by atoms with Crippen molar-refractivity contribution in [1.29, 1.82) is 0 Å². The van der Waals surface area contributed by atoms with E-state index in [1.165, 1.54) is 6.42 Å². The number of anilines is 1. The zero-order valence-corrected chi connectivity index (χ0v) is 17.5. The van der Waals surface area contributed by atoms with Crippen LogP contribution in [0.2, 0.25) is 0 Å². The summed E-state index contributed by atoms with van der Waals surface area (Å²) in [5.41, 5.74) is 0.347. The second kappa shape index (κ2) is 7.60. The minimum absolute atomic E-state index is 0.0450. The van der Waals surface area contributed by atoms with Crippen molar-refractivity contribution in [3.63, 3.8) is 0 Å². The smallest absolute Gasteiger partial charge is 0.240 e. The van der Waals surface area contributed by atoms with Crippen LogP contribution in [0.15, 0.2) is 35.3 Å². The number of hydrogen-bond acceptors (Lipinski definition) is 4. The summed E-state index contributed by atoms with van der Waals surface area (Å²) in [6.07, 6.45) is 5.39. The maximum atomic E-state index is 14.0. The first kappa shape index (κ1) is 19.6. The molecule has 1 aromatic rings. The van der Waals surface area contributed by atoms with Crippen LogP contribution >= 0.6 is 0 Å². The van der Waals surface area contributed by atoms with Gasteiger partial charge in [-0.2, -0.15) is 0 Å². The lowest BCUT2D eigenvalue weighted by Gasteiger charge is -2.42. The van der Waals surface area contributed by atoms with Crippen molar-refractivity contribution >= 4 is 17.4 Å². The minimum Gasteiger partial charge on any atom is -0.379 e. The molecule has 3 fully saturated rings. The molecule has 0 unspecified atom stereocenters. The number of nitrogens with zero attached hydrogens (tertiary/aromatic N) is 3. The SMILES string of the molecule is CC(C)(C)N=C1[C@H](N2CCOCC2)C2(CCCCC2)C(=O)N1c1ccccc1. The van der Waals surface area contributed by atoms with E-state index in [0.717, 1.165) is 63.5 Å². The molecule has 5 heteroatoms. The first-order chi connectivity index (χ1) is 13.4. The molecule has 0 radical (unpaired) electrons. The Kier molecular flexibility index (Phi) is 5.32. The number of amides is 1. The Balaban J connectivity index is 1.87. The van der Waals surface area contributed by atoms with Crippen LogP contribution < -0.4 is 4.90 Å². The molecule has 152 valence electrons. The lowest BCUT2D eigenvalue weighted by molar-refractivity contribution is -0.130. The van der Waals surface area contributed by atoms with Crippen LogP contribution in [0.1, 0.15) is 52.9 Å². The van der Waals surface area contributed by atoms with Crippen LogP contribution in [0.4, 0.5) is 5.69 Å². The molecule has 1 aliphatic carbocycles. The molecule has 0 bridgehead atoms. The normalized spacial score (nSPS) is 27.7. The van der Waals surface area contributed by atoms with Crippen molar-refractivity contribution in [2.75, 3.05) is 31.2 Å². The first-order valence-electron chi connectivity index (χ1n) is 10.7. The van der Waals surface area contributed by atoms with Crippen molar-refractivity contribution in [2.24, 2.45) is 10.4 Å². The molecule has 2 aliphatic heterocycles. The number of benzene rings is 1. The standard InChI is InChI=1S/C23H33N3O2/c1-22(2,3)24-20-19(25-14-16-28-17-15-25)23(12-8-5-9-13-23)21(27)26(20)18-10-6-4-7-11-18/h4,6-7,10-11,19H,5,8-9,12-17H2,1-3H3/t19-/m0/s1. The molecule has 1 saturated carbocycles. The van der Waals surface area contributed by atoms with Crippen molar-refractivity contribution in [1.82, 2.24) is 4.90 Å². The maximum absolute atomic E-state index is 14.0. The van der Waals surface area contributed by atoms with Gasteiger partial charge in [0.1, 0.15) is 5.84 Å². The van der Waals surface area contributed by atoms with Crippen LogP contribution in [0.3, 0.4) is 0 Å². The van der Waals surface area contributed by atoms with Gasteiger partial charge in [0.05, 0.1) is 35.9 Å². The van der Waals surface area contributed by atoms with Gasteiger partial charge in [-0.1, -0.05) is 37.5 Å². The molecule has 1 atom stereocenters. The number of carbonyl (C=O) groups is 1. The average Bonchev–Trinajstić information content (AvgIpc) is 2.90. The molecule has 1 aromatic carbocycles. The van der Waals surface area contributed by atoms with E-state index in [0.29, 0.717) is 0 Å². The second-order valence-electron chi connectivity index (χ2n) is 9.38. The highest BCUT2D eigenvalue weighted by Gasteiger charge is 2.60. The Morgan fingerprint density at radius 3 is 2.29 bits per heavy atom. The fourth-order valence-corrected chi connectivity index (χ4v) is 5.11. The van der Waals surface area contributed by atoms with Crippen LogP contribution in [0.5, 0.6) is 0 Å². The molecule has 2 heterocycles. The molecule has 28 heavy (non-hydrogen) atoms. The van der Waals surface area contributed by atoms with Gasteiger partial charge in [-0.05, 0) is 45.7 Å². The van der Waals surface area contributed by atoms with E-state index >= 15 is 0 Å². The first-order valence-corrected chi connectivity index (χ1v) is 10.7. The van der Waals surface area contributed by atoms with Crippen LogP contribution in [-0.2, 0) is 9.53 Å². The summed E-state index contributed by atoms with van der Waals surface area (Å²) >= 11 is 0. The van der Waals surface area contributed by atoms with E-state index in [4.69, 9.17) is 9.73 Å².